The average molecular weight is 478 g/mol. The van der Waals surface area contributed by atoms with Gasteiger partial charge in [-0.05, 0) is 57.0 Å². The highest BCUT2D eigenvalue weighted by molar-refractivity contribution is 7.89. The van der Waals surface area contributed by atoms with Crippen molar-refractivity contribution >= 4 is 21.8 Å². The Kier molecular flexibility index (Phi) is 9.13. The molecule has 2 rings (SSSR count). The van der Waals surface area contributed by atoms with Gasteiger partial charge in [-0.2, -0.15) is 4.31 Å². The first-order valence-electron chi connectivity index (χ1n) is 10.8. The molecule has 0 fully saturated rings. The van der Waals surface area contributed by atoms with Gasteiger partial charge in [-0.3, -0.25) is 9.59 Å². The van der Waals surface area contributed by atoms with E-state index in [4.69, 9.17) is 0 Å². The maximum absolute atomic E-state index is 13.3. The van der Waals surface area contributed by atoms with Crippen molar-refractivity contribution in [3.8, 4) is 0 Å². The molecule has 2 amide bonds. The molecule has 0 saturated heterocycles. The molecule has 7 nitrogen and oxygen atoms in total. The lowest BCUT2D eigenvalue weighted by molar-refractivity contribution is -0.140. The Morgan fingerprint density at radius 1 is 1.03 bits per heavy atom. The van der Waals surface area contributed by atoms with E-state index in [0.717, 1.165) is 16.3 Å². The molecule has 2 aromatic rings. The van der Waals surface area contributed by atoms with Crippen LogP contribution in [0.15, 0.2) is 53.4 Å². The highest BCUT2D eigenvalue weighted by Gasteiger charge is 2.30. The van der Waals surface area contributed by atoms with Gasteiger partial charge in [0.05, 0.1) is 11.4 Å². The molecule has 0 aliphatic heterocycles. The zero-order valence-electron chi connectivity index (χ0n) is 19.7. The molecule has 0 aliphatic rings. The molecule has 0 spiro atoms. The average Bonchev–Trinajstić information content (AvgIpc) is 2.78. The number of benzene rings is 2. The van der Waals surface area contributed by atoms with Crippen molar-refractivity contribution in [3.63, 3.8) is 0 Å². The van der Waals surface area contributed by atoms with Gasteiger partial charge in [0.15, 0.2) is 0 Å². The summed E-state index contributed by atoms with van der Waals surface area (Å²) < 4.78 is 40.1. The number of nitrogens with one attached hydrogen (secondary N) is 1. The highest BCUT2D eigenvalue weighted by Crippen LogP contribution is 2.17. The number of hydrogen-bond acceptors (Lipinski definition) is 4. The second kappa shape index (κ2) is 11.4. The van der Waals surface area contributed by atoms with Gasteiger partial charge in [0.1, 0.15) is 11.9 Å². The van der Waals surface area contributed by atoms with Crippen LogP contribution in [0.1, 0.15) is 38.3 Å². The van der Waals surface area contributed by atoms with Crippen LogP contribution >= 0.6 is 0 Å². The molecular weight excluding hydrogens is 445 g/mol. The normalized spacial score (nSPS) is 13.4. The predicted molar refractivity (Wildman–Crippen MR) is 125 cm³/mol. The molecule has 0 aromatic heterocycles. The zero-order valence-corrected chi connectivity index (χ0v) is 20.5. The maximum atomic E-state index is 13.3. The van der Waals surface area contributed by atoms with E-state index in [9.17, 15) is 22.4 Å². The van der Waals surface area contributed by atoms with Crippen LogP contribution in [0.2, 0.25) is 0 Å². The summed E-state index contributed by atoms with van der Waals surface area (Å²) in [5.41, 5.74) is 1.54. The monoisotopic (exact) mass is 477 g/mol. The molecular formula is C24H32FN3O4S. The van der Waals surface area contributed by atoms with E-state index >= 15 is 0 Å². The molecule has 0 radical (unpaired) electrons. The number of amides is 2. The lowest BCUT2D eigenvalue weighted by atomic mass is 10.1. The molecule has 1 N–H and O–H groups in total. The van der Waals surface area contributed by atoms with Gasteiger partial charge in [0.2, 0.25) is 21.8 Å². The Morgan fingerprint density at radius 2 is 1.61 bits per heavy atom. The van der Waals surface area contributed by atoms with Crippen LogP contribution < -0.4 is 5.32 Å². The Bertz CT molecular complexity index is 1060. The van der Waals surface area contributed by atoms with Gasteiger partial charge in [0.25, 0.3) is 0 Å². The van der Waals surface area contributed by atoms with Crippen molar-refractivity contribution in [1.82, 2.24) is 14.5 Å². The minimum Gasteiger partial charge on any atom is -0.352 e. The van der Waals surface area contributed by atoms with E-state index in [2.05, 4.69) is 5.32 Å². The van der Waals surface area contributed by atoms with E-state index in [1.807, 2.05) is 20.8 Å². The lowest BCUT2D eigenvalue weighted by Crippen LogP contribution is -2.51. The first kappa shape index (κ1) is 26.5. The number of carbonyl (C=O) groups is 2. The minimum absolute atomic E-state index is 0.0344. The fraction of sp³-hybridized carbons (Fsp3) is 0.417. The zero-order chi connectivity index (χ0) is 24.8. The van der Waals surface area contributed by atoms with E-state index in [-0.39, 0.29) is 23.4 Å². The summed E-state index contributed by atoms with van der Waals surface area (Å²) in [6, 6.07) is 11.0. The van der Waals surface area contributed by atoms with E-state index < -0.39 is 34.3 Å². The minimum atomic E-state index is -3.90. The summed E-state index contributed by atoms with van der Waals surface area (Å²) in [5.74, 6) is -1.30. The summed E-state index contributed by atoms with van der Waals surface area (Å²) in [6.07, 6.45) is 0.724. The fourth-order valence-electron chi connectivity index (χ4n) is 3.09. The number of likely N-dealkylation sites (N-methyl/N-ethyl adjacent to an activating group) is 1. The lowest BCUT2D eigenvalue weighted by Gasteiger charge is -2.31. The van der Waals surface area contributed by atoms with Gasteiger partial charge >= 0.3 is 0 Å². The summed E-state index contributed by atoms with van der Waals surface area (Å²) in [5, 5.41) is 2.85. The Balaban J connectivity index is 2.26. The number of aryl methyl sites for hydroxylation is 1. The molecule has 180 valence electrons. The molecule has 0 aliphatic carbocycles. The van der Waals surface area contributed by atoms with E-state index in [1.54, 1.807) is 19.1 Å². The fourth-order valence-corrected chi connectivity index (χ4v) is 4.21. The Morgan fingerprint density at radius 3 is 2.15 bits per heavy atom. The third-order valence-corrected chi connectivity index (χ3v) is 7.34. The van der Waals surface area contributed by atoms with Crippen LogP contribution in [0.25, 0.3) is 0 Å². The number of sulfonamides is 1. The summed E-state index contributed by atoms with van der Waals surface area (Å²) in [7, 11) is -2.57. The summed E-state index contributed by atoms with van der Waals surface area (Å²) in [6.45, 7) is 6.82. The molecule has 2 aromatic carbocycles. The molecule has 2 atom stereocenters. The van der Waals surface area contributed by atoms with Crippen LogP contribution in [0.5, 0.6) is 0 Å². The van der Waals surface area contributed by atoms with E-state index in [0.29, 0.717) is 5.56 Å². The van der Waals surface area contributed by atoms with Crippen LogP contribution in [0.4, 0.5) is 4.39 Å². The molecule has 33 heavy (non-hydrogen) atoms. The van der Waals surface area contributed by atoms with Crippen molar-refractivity contribution in [1.29, 1.82) is 0 Å². The number of carbonyl (C=O) groups excluding carboxylic acids is 2. The van der Waals surface area contributed by atoms with E-state index in [1.165, 1.54) is 48.3 Å². The molecule has 0 bridgehead atoms. The van der Waals surface area contributed by atoms with Crippen molar-refractivity contribution in [2.75, 3.05) is 13.6 Å². The number of halogens is 1. The third kappa shape index (κ3) is 7.10. The summed E-state index contributed by atoms with van der Waals surface area (Å²) >= 11 is 0. The van der Waals surface area contributed by atoms with Crippen LogP contribution in [-0.2, 0) is 26.2 Å². The third-order valence-electron chi connectivity index (χ3n) is 5.52. The van der Waals surface area contributed by atoms with Crippen LogP contribution in [0, 0.1) is 12.7 Å². The Labute approximate surface area is 195 Å². The quantitative estimate of drug-likeness (QED) is 0.570. The standard InChI is InChI=1S/C24H32FN3O4S/c1-6-18(3)26-24(30)19(4)28(15-20-9-11-21(25)12-10-20)23(29)16-27(5)33(31,32)22-13-7-17(2)8-14-22/h7-14,18-19H,6,15-16H2,1-5H3,(H,26,30)/t18-,19+/m1/s1. The first-order valence-corrected chi connectivity index (χ1v) is 12.3. The largest absolute Gasteiger partial charge is 0.352 e. The second-order valence-corrected chi connectivity index (χ2v) is 10.3. The summed E-state index contributed by atoms with van der Waals surface area (Å²) in [4.78, 5) is 27.4. The maximum Gasteiger partial charge on any atom is 0.243 e. The molecule has 0 saturated carbocycles. The molecule has 0 heterocycles. The number of hydrogen-bond donors (Lipinski definition) is 1. The molecule has 0 unspecified atom stereocenters. The topological polar surface area (TPSA) is 86.8 Å². The van der Waals surface area contributed by atoms with Crippen molar-refractivity contribution in [2.24, 2.45) is 0 Å². The van der Waals surface area contributed by atoms with Crippen LogP contribution in [-0.4, -0.2) is 55.1 Å². The van der Waals surface area contributed by atoms with Gasteiger partial charge in [-0.15, -0.1) is 0 Å². The van der Waals surface area contributed by atoms with Crippen LogP contribution in [0.3, 0.4) is 0 Å². The molecule has 9 heteroatoms. The number of rotatable bonds is 10. The smallest absolute Gasteiger partial charge is 0.243 e. The van der Waals surface area contributed by atoms with Crippen molar-refractivity contribution < 1.29 is 22.4 Å². The second-order valence-electron chi connectivity index (χ2n) is 8.22. The van der Waals surface area contributed by atoms with Gasteiger partial charge in [-0.25, -0.2) is 12.8 Å². The Hall–Kier alpha value is -2.78. The van der Waals surface area contributed by atoms with Gasteiger partial charge in [0, 0.05) is 19.6 Å². The highest BCUT2D eigenvalue weighted by atomic mass is 32.2. The SMILES string of the molecule is CC[C@@H](C)NC(=O)[C@H](C)N(Cc1ccc(F)cc1)C(=O)CN(C)S(=O)(=O)c1ccc(C)cc1. The number of nitrogens with zero attached hydrogens (tertiary/aromatic N) is 2. The van der Waals surface area contributed by atoms with Gasteiger partial charge in [-0.1, -0.05) is 36.8 Å². The predicted octanol–water partition coefficient (Wildman–Crippen LogP) is 3.09. The first-order chi connectivity index (χ1) is 15.4. The van der Waals surface area contributed by atoms with Crippen molar-refractivity contribution in [2.45, 2.75) is 57.6 Å². The van der Waals surface area contributed by atoms with Gasteiger partial charge < -0.3 is 10.2 Å². The van der Waals surface area contributed by atoms with Crippen molar-refractivity contribution in [3.05, 3.63) is 65.5 Å².